The summed E-state index contributed by atoms with van der Waals surface area (Å²) in [6.45, 7) is 2.04. The van der Waals surface area contributed by atoms with E-state index in [2.05, 4.69) is 0 Å². The van der Waals surface area contributed by atoms with Crippen LogP contribution in [0.15, 0.2) is 24.3 Å². The molecular formula is C13H15ClO2. The van der Waals surface area contributed by atoms with Crippen molar-refractivity contribution in [3.63, 3.8) is 0 Å². The van der Waals surface area contributed by atoms with Crippen LogP contribution in [0.25, 0.3) is 0 Å². The molecule has 0 spiro atoms. The minimum Gasteiger partial charge on any atom is -0.385 e. The Morgan fingerprint density at radius 1 is 1.31 bits per heavy atom. The van der Waals surface area contributed by atoms with Gasteiger partial charge in [-0.25, -0.2) is 0 Å². The van der Waals surface area contributed by atoms with Crippen molar-refractivity contribution in [3.8, 4) is 0 Å². The van der Waals surface area contributed by atoms with Crippen LogP contribution in [-0.4, -0.2) is 17.0 Å². The summed E-state index contributed by atoms with van der Waals surface area (Å²) in [5, 5.41) is 10.2. The minimum atomic E-state index is -0.822. The van der Waals surface area contributed by atoms with Crippen LogP contribution < -0.4 is 0 Å². The minimum absolute atomic E-state index is 0.0909. The second kappa shape index (κ2) is 4.56. The molecule has 16 heavy (non-hydrogen) atoms. The van der Waals surface area contributed by atoms with E-state index >= 15 is 0 Å². The van der Waals surface area contributed by atoms with E-state index in [0.29, 0.717) is 11.4 Å². The van der Waals surface area contributed by atoms with E-state index in [-0.39, 0.29) is 17.6 Å². The first kappa shape index (κ1) is 11.6. The Hall–Kier alpha value is -0.860. The smallest absolute Gasteiger partial charge is 0.168 e. The number of halogens is 1. The van der Waals surface area contributed by atoms with E-state index in [1.165, 1.54) is 0 Å². The van der Waals surface area contributed by atoms with E-state index in [0.717, 1.165) is 12.0 Å². The second-order valence-corrected chi connectivity index (χ2v) is 4.88. The van der Waals surface area contributed by atoms with Gasteiger partial charge in [0.25, 0.3) is 0 Å². The topological polar surface area (TPSA) is 37.3 Å². The highest BCUT2D eigenvalue weighted by molar-refractivity contribution is 6.31. The number of ketones is 1. The highest BCUT2D eigenvalue weighted by Crippen LogP contribution is 2.37. The zero-order chi connectivity index (χ0) is 11.7. The van der Waals surface area contributed by atoms with Gasteiger partial charge < -0.3 is 5.11 Å². The lowest BCUT2D eigenvalue weighted by Gasteiger charge is -2.31. The average molecular weight is 239 g/mol. The summed E-state index contributed by atoms with van der Waals surface area (Å²) in [5.74, 6) is -0.0971. The number of Topliss-reactive ketones (excluding diaryl/α,β-unsaturated/α-hetero) is 1. The monoisotopic (exact) mass is 238 g/mol. The Kier molecular flexibility index (Phi) is 3.31. The summed E-state index contributed by atoms with van der Waals surface area (Å²) < 4.78 is 0. The number of benzene rings is 1. The van der Waals surface area contributed by atoms with Gasteiger partial charge in [0, 0.05) is 10.9 Å². The molecule has 3 unspecified atom stereocenters. The molecule has 0 aromatic heterocycles. The molecule has 3 atom stereocenters. The molecule has 0 heterocycles. The van der Waals surface area contributed by atoms with Crippen molar-refractivity contribution in [3.05, 3.63) is 34.9 Å². The fraction of sp³-hybridized carbons (Fsp3) is 0.462. The van der Waals surface area contributed by atoms with Gasteiger partial charge in [-0.15, -0.1) is 0 Å². The molecule has 1 fully saturated rings. The van der Waals surface area contributed by atoms with Crippen molar-refractivity contribution in [2.24, 2.45) is 5.92 Å². The normalized spacial score (nSPS) is 30.4. The van der Waals surface area contributed by atoms with Crippen LogP contribution in [0.5, 0.6) is 0 Å². The first-order valence-electron chi connectivity index (χ1n) is 5.57. The predicted molar refractivity (Wildman–Crippen MR) is 63.6 cm³/mol. The number of aliphatic hydroxyl groups excluding tert-OH is 1. The van der Waals surface area contributed by atoms with E-state index in [4.69, 9.17) is 11.6 Å². The summed E-state index contributed by atoms with van der Waals surface area (Å²) >= 11 is 6.10. The summed E-state index contributed by atoms with van der Waals surface area (Å²) in [7, 11) is 0. The van der Waals surface area contributed by atoms with Crippen molar-refractivity contribution >= 4 is 17.4 Å². The Morgan fingerprint density at radius 3 is 2.69 bits per heavy atom. The van der Waals surface area contributed by atoms with Gasteiger partial charge in [0.15, 0.2) is 5.78 Å². The fourth-order valence-corrected chi connectivity index (χ4v) is 2.66. The van der Waals surface area contributed by atoms with Crippen molar-refractivity contribution in [1.29, 1.82) is 0 Å². The lowest BCUT2D eigenvalue weighted by molar-refractivity contribution is -0.132. The number of carbonyl (C=O) groups is 1. The number of carbonyl (C=O) groups excluding carboxylic acids is 1. The van der Waals surface area contributed by atoms with Crippen LogP contribution in [0.4, 0.5) is 0 Å². The molecule has 2 rings (SSSR count). The zero-order valence-electron chi connectivity index (χ0n) is 9.19. The standard InChI is InChI=1S/C13H15ClO2/c1-8-6-7-11(15)13(16)12(8)9-4-2-3-5-10(9)14/h2-5,8,11-12,15H,6-7H2,1H3. The van der Waals surface area contributed by atoms with Gasteiger partial charge in [-0.1, -0.05) is 36.7 Å². The Morgan fingerprint density at radius 2 is 2.00 bits per heavy atom. The molecule has 1 saturated carbocycles. The van der Waals surface area contributed by atoms with Crippen LogP contribution in [-0.2, 0) is 4.79 Å². The number of hydrogen-bond acceptors (Lipinski definition) is 2. The van der Waals surface area contributed by atoms with Crippen LogP contribution in [0.3, 0.4) is 0 Å². The average Bonchev–Trinajstić information content (AvgIpc) is 2.27. The summed E-state index contributed by atoms with van der Waals surface area (Å²) in [4.78, 5) is 12.0. The fourth-order valence-electron chi connectivity index (χ4n) is 2.40. The molecular weight excluding hydrogens is 224 g/mol. The molecule has 1 aromatic carbocycles. The number of hydrogen-bond donors (Lipinski definition) is 1. The van der Waals surface area contributed by atoms with Gasteiger partial charge in [0.1, 0.15) is 6.10 Å². The molecule has 1 aromatic rings. The van der Waals surface area contributed by atoms with Gasteiger partial charge in [-0.3, -0.25) is 4.79 Å². The molecule has 1 N–H and O–H groups in total. The zero-order valence-corrected chi connectivity index (χ0v) is 9.95. The summed E-state index contributed by atoms with van der Waals surface area (Å²) in [5.41, 5.74) is 0.848. The molecule has 0 amide bonds. The molecule has 0 radical (unpaired) electrons. The van der Waals surface area contributed by atoms with E-state index < -0.39 is 6.10 Å². The largest absolute Gasteiger partial charge is 0.385 e. The number of rotatable bonds is 1. The van der Waals surface area contributed by atoms with E-state index in [1.807, 2.05) is 25.1 Å². The van der Waals surface area contributed by atoms with Gasteiger partial charge in [0.2, 0.25) is 0 Å². The molecule has 1 aliphatic carbocycles. The van der Waals surface area contributed by atoms with Crippen LogP contribution in [0, 0.1) is 5.92 Å². The van der Waals surface area contributed by atoms with Gasteiger partial charge in [-0.2, -0.15) is 0 Å². The maximum absolute atomic E-state index is 12.0. The third-order valence-electron chi connectivity index (χ3n) is 3.34. The lowest BCUT2D eigenvalue weighted by Crippen LogP contribution is -2.35. The van der Waals surface area contributed by atoms with Crippen molar-refractivity contribution < 1.29 is 9.90 Å². The van der Waals surface area contributed by atoms with E-state index in [9.17, 15) is 9.90 Å². The maximum Gasteiger partial charge on any atom is 0.168 e. The van der Waals surface area contributed by atoms with Crippen molar-refractivity contribution in [1.82, 2.24) is 0 Å². The Labute approximate surface area is 100 Å². The first-order chi connectivity index (χ1) is 7.61. The first-order valence-corrected chi connectivity index (χ1v) is 5.95. The predicted octanol–water partition coefficient (Wildman–Crippen LogP) is 2.78. The SMILES string of the molecule is CC1CCC(O)C(=O)C1c1ccccc1Cl. The Bertz CT molecular complexity index is 403. The molecule has 86 valence electrons. The van der Waals surface area contributed by atoms with Gasteiger partial charge >= 0.3 is 0 Å². The molecule has 3 heteroatoms. The molecule has 0 aliphatic heterocycles. The molecule has 1 aliphatic rings. The van der Waals surface area contributed by atoms with Crippen molar-refractivity contribution in [2.75, 3.05) is 0 Å². The van der Waals surface area contributed by atoms with Gasteiger partial charge in [-0.05, 0) is 30.4 Å². The Balaban J connectivity index is 2.38. The van der Waals surface area contributed by atoms with Gasteiger partial charge in [0.05, 0.1) is 0 Å². The van der Waals surface area contributed by atoms with Crippen LogP contribution in [0.2, 0.25) is 5.02 Å². The summed E-state index contributed by atoms with van der Waals surface area (Å²) in [6.07, 6.45) is 0.612. The highest BCUT2D eigenvalue weighted by atomic mass is 35.5. The van der Waals surface area contributed by atoms with Crippen LogP contribution >= 0.6 is 11.6 Å². The molecule has 0 bridgehead atoms. The number of aliphatic hydroxyl groups is 1. The molecule has 0 saturated heterocycles. The van der Waals surface area contributed by atoms with Crippen LogP contribution in [0.1, 0.15) is 31.2 Å². The third-order valence-corrected chi connectivity index (χ3v) is 3.68. The summed E-state index contributed by atoms with van der Waals surface area (Å²) in [6, 6.07) is 7.39. The quantitative estimate of drug-likeness (QED) is 0.817. The highest BCUT2D eigenvalue weighted by Gasteiger charge is 2.36. The molecule has 2 nitrogen and oxygen atoms in total. The maximum atomic E-state index is 12.0. The third kappa shape index (κ3) is 2.00. The second-order valence-electron chi connectivity index (χ2n) is 4.47. The van der Waals surface area contributed by atoms with E-state index in [1.54, 1.807) is 6.07 Å². The lowest BCUT2D eigenvalue weighted by atomic mass is 9.74. The van der Waals surface area contributed by atoms with Crippen molar-refractivity contribution in [2.45, 2.75) is 31.8 Å².